The van der Waals surface area contributed by atoms with Crippen LogP contribution in [0.3, 0.4) is 0 Å². The zero-order valence-corrected chi connectivity index (χ0v) is 25.7. The molecule has 0 amide bonds. The van der Waals surface area contributed by atoms with Crippen molar-refractivity contribution in [2.24, 2.45) is 14.1 Å². The highest BCUT2D eigenvalue weighted by Gasteiger charge is 2.41. The highest BCUT2D eigenvalue weighted by atomic mass is 32.2. The molecule has 224 valence electrons. The third-order valence-electron chi connectivity index (χ3n) is 8.87. The van der Waals surface area contributed by atoms with Crippen molar-refractivity contribution in [1.82, 2.24) is 4.57 Å². The lowest BCUT2D eigenvalue weighted by Crippen LogP contribution is -2.57. The monoisotopic (exact) mass is 602 g/mol. The third-order valence-corrected chi connectivity index (χ3v) is 9.67. The van der Waals surface area contributed by atoms with E-state index in [0.29, 0.717) is 30.7 Å². The second kappa shape index (κ2) is 10.6. The molecule has 1 N–H and O–H groups in total. The molecule has 0 saturated carbocycles. The molecule has 10 heteroatoms. The van der Waals surface area contributed by atoms with Gasteiger partial charge in [0, 0.05) is 23.3 Å². The van der Waals surface area contributed by atoms with E-state index in [1.165, 1.54) is 22.6 Å². The summed E-state index contributed by atoms with van der Waals surface area (Å²) in [4.78, 5) is 27.7. The van der Waals surface area contributed by atoms with Crippen LogP contribution in [0.25, 0.3) is 27.8 Å². The molecule has 0 spiro atoms. The maximum Gasteiger partial charge on any atom is 0.503 e. The van der Waals surface area contributed by atoms with Gasteiger partial charge in [0.15, 0.2) is 5.56 Å². The molecule has 9 nitrogen and oxygen atoms in total. The summed E-state index contributed by atoms with van der Waals surface area (Å²) < 4.78 is 40.8. The van der Waals surface area contributed by atoms with Gasteiger partial charge in [-0.1, -0.05) is 50.3 Å². The molecule has 1 aliphatic carbocycles. The summed E-state index contributed by atoms with van der Waals surface area (Å²) in [5.41, 5.74) is 4.54. The topological polar surface area (TPSA) is 114 Å². The van der Waals surface area contributed by atoms with Crippen molar-refractivity contribution in [3.05, 3.63) is 98.0 Å². The van der Waals surface area contributed by atoms with Crippen LogP contribution in [0.4, 0.5) is 5.69 Å². The van der Waals surface area contributed by atoms with Gasteiger partial charge in [0.05, 0.1) is 19.8 Å². The molecule has 0 aromatic heterocycles. The van der Waals surface area contributed by atoms with Crippen LogP contribution in [0.2, 0.25) is 0 Å². The predicted molar refractivity (Wildman–Crippen MR) is 167 cm³/mol. The molecular weight excluding hydrogens is 566 g/mol. The third kappa shape index (κ3) is 5.02. The van der Waals surface area contributed by atoms with Gasteiger partial charge in [-0.25, -0.2) is 4.79 Å². The average Bonchev–Trinajstić information content (AvgIpc) is 3.20. The highest BCUT2D eigenvalue weighted by molar-refractivity contribution is 7.85. The number of unbranched alkanes of at least 4 members (excludes halogenated alkanes) is 1. The van der Waals surface area contributed by atoms with Gasteiger partial charge < -0.3 is 9.32 Å². The number of rotatable bonds is 6. The number of nitrogens with zero attached hydrogens (tertiary/aromatic N) is 3. The van der Waals surface area contributed by atoms with Gasteiger partial charge in [0.1, 0.15) is 5.76 Å². The van der Waals surface area contributed by atoms with Crippen LogP contribution in [0.5, 0.6) is 0 Å². The van der Waals surface area contributed by atoms with Crippen LogP contribution in [0, 0.1) is 0 Å². The number of aryl methyl sites for hydroxylation is 1. The fraction of sp³-hybridized carbons (Fsp3) is 0.364. The molecule has 2 aromatic carbocycles. The van der Waals surface area contributed by atoms with E-state index in [0.717, 1.165) is 51.7 Å². The Kier molecular flexibility index (Phi) is 7.17. The van der Waals surface area contributed by atoms with E-state index in [2.05, 4.69) is 55.2 Å². The molecule has 0 bridgehead atoms. The standard InChI is InChI=1S/C33H35N3O6S/c1-33(2)27(36(18-7-8-19-43(39,40)41)26-16-14-21-10-5-6-13-24(21)28(26)33)17-15-22-11-9-12-23-20-25-30(37)34(3)32(38)35(4)31(25)42-29(22)23/h5-6,10,13-17,20H,7-9,11-12,18-19H2,1-4H3/p+1. The number of anilines is 1. The quantitative estimate of drug-likeness (QED) is 0.197. The molecule has 43 heavy (non-hydrogen) atoms. The van der Waals surface area contributed by atoms with Gasteiger partial charge >= 0.3 is 17.1 Å². The molecule has 3 heterocycles. The smallest absolute Gasteiger partial charge is 0.422 e. The lowest BCUT2D eigenvalue weighted by Gasteiger charge is -2.27. The SMILES string of the molecule is Cn1c(=O)c2cc3c(oc-2[n+](C)c1=O)/C(=C\C=C1\N(CCCCS(=O)(=O)O)c2ccc4ccccc4c2C1(C)C)CCC3. The van der Waals surface area contributed by atoms with E-state index in [4.69, 9.17) is 4.42 Å². The van der Waals surface area contributed by atoms with Crippen LogP contribution >= 0.6 is 0 Å². The van der Waals surface area contributed by atoms with Gasteiger partial charge in [-0.2, -0.15) is 22.3 Å². The molecule has 6 rings (SSSR count). The number of aromatic nitrogens is 2. The van der Waals surface area contributed by atoms with Crippen LogP contribution in [-0.2, 0) is 36.0 Å². The summed E-state index contributed by atoms with van der Waals surface area (Å²) >= 11 is 0. The van der Waals surface area contributed by atoms with E-state index >= 15 is 0 Å². The normalized spacial score (nSPS) is 18.1. The van der Waals surface area contributed by atoms with Crippen molar-refractivity contribution in [2.75, 3.05) is 17.2 Å². The summed E-state index contributed by atoms with van der Waals surface area (Å²) in [7, 11) is -0.940. The van der Waals surface area contributed by atoms with Gasteiger partial charge in [-0.05, 0) is 77.8 Å². The van der Waals surface area contributed by atoms with Gasteiger partial charge in [0.25, 0.3) is 10.1 Å². The Morgan fingerprint density at radius 2 is 1.84 bits per heavy atom. The number of hydrogen-bond acceptors (Lipinski definition) is 6. The number of hydrogen-bond donors (Lipinski definition) is 1. The van der Waals surface area contributed by atoms with Crippen LogP contribution in [-0.4, -0.2) is 29.8 Å². The highest BCUT2D eigenvalue weighted by Crippen LogP contribution is 2.51. The van der Waals surface area contributed by atoms with E-state index in [1.54, 1.807) is 7.05 Å². The zero-order chi connectivity index (χ0) is 30.7. The molecule has 0 atom stereocenters. The van der Waals surface area contributed by atoms with E-state index in [1.807, 2.05) is 18.2 Å². The van der Waals surface area contributed by atoms with Crippen molar-refractivity contribution in [3.63, 3.8) is 0 Å². The first-order valence-electron chi connectivity index (χ1n) is 14.6. The zero-order valence-electron chi connectivity index (χ0n) is 24.9. The van der Waals surface area contributed by atoms with Crippen molar-refractivity contribution in [3.8, 4) is 11.5 Å². The molecule has 4 aliphatic rings. The molecule has 2 aromatic rings. The van der Waals surface area contributed by atoms with Gasteiger partial charge in [-0.3, -0.25) is 4.55 Å². The number of fused-ring (bicyclic) bond motifs is 5. The Balaban J connectivity index is 1.47. The summed E-state index contributed by atoms with van der Waals surface area (Å²) in [5, 5.41) is 2.33. The van der Waals surface area contributed by atoms with E-state index in [-0.39, 0.29) is 22.6 Å². The van der Waals surface area contributed by atoms with E-state index < -0.39 is 15.8 Å². The van der Waals surface area contributed by atoms with Crippen molar-refractivity contribution < 1.29 is 22.0 Å². The lowest BCUT2D eigenvalue weighted by atomic mass is 9.81. The fourth-order valence-electron chi connectivity index (χ4n) is 6.71. The van der Waals surface area contributed by atoms with E-state index in [9.17, 15) is 22.6 Å². The molecule has 0 unspecified atom stereocenters. The Morgan fingerprint density at radius 3 is 2.60 bits per heavy atom. The van der Waals surface area contributed by atoms with Crippen molar-refractivity contribution in [2.45, 2.75) is 51.4 Å². The van der Waals surface area contributed by atoms with Crippen LogP contribution in [0.15, 0.2) is 74.3 Å². The maximum atomic E-state index is 12.9. The molecule has 0 radical (unpaired) electrons. The summed E-state index contributed by atoms with van der Waals surface area (Å²) in [6.45, 7) is 5.01. The predicted octanol–water partition coefficient (Wildman–Crippen LogP) is 4.49. The summed E-state index contributed by atoms with van der Waals surface area (Å²) in [6.07, 6.45) is 7.62. The maximum absolute atomic E-state index is 12.9. The Labute approximate surface area is 250 Å². The Morgan fingerprint density at radius 1 is 1.07 bits per heavy atom. The second-order valence-corrected chi connectivity index (χ2v) is 13.6. The first kappa shape index (κ1) is 29.1. The van der Waals surface area contributed by atoms with Crippen LogP contribution < -0.4 is 20.7 Å². The minimum atomic E-state index is -4.02. The Hall–Kier alpha value is -4.02. The fourth-order valence-corrected chi connectivity index (χ4v) is 7.28. The first-order chi connectivity index (χ1) is 20.4. The van der Waals surface area contributed by atoms with Crippen LogP contribution in [0.1, 0.15) is 56.4 Å². The van der Waals surface area contributed by atoms with Crippen molar-refractivity contribution >= 4 is 32.2 Å². The van der Waals surface area contributed by atoms with Gasteiger partial charge in [0.2, 0.25) is 0 Å². The molecule has 0 saturated heterocycles. The van der Waals surface area contributed by atoms with Gasteiger partial charge in [-0.15, -0.1) is 0 Å². The largest absolute Gasteiger partial charge is 0.503 e. The summed E-state index contributed by atoms with van der Waals surface area (Å²) in [6, 6.07) is 14.4. The minimum Gasteiger partial charge on any atom is -0.422 e. The number of benzene rings is 2. The average molecular weight is 603 g/mol. The molecular formula is C33H36N3O6S+. The molecule has 3 aliphatic heterocycles. The Bertz CT molecular complexity index is 2030. The lowest BCUT2D eigenvalue weighted by molar-refractivity contribution is -0.688. The van der Waals surface area contributed by atoms with Crippen molar-refractivity contribution in [1.29, 1.82) is 0 Å². The molecule has 0 fully saturated rings. The number of allylic oxidation sites excluding steroid dienone is 4. The second-order valence-electron chi connectivity index (χ2n) is 12.1. The minimum absolute atomic E-state index is 0.257. The first-order valence-corrected chi connectivity index (χ1v) is 16.2. The summed E-state index contributed by atoms with van der Waals surface area (Å²) in [5.74, 6) is 0.681.